The summed E-state index contributed by atoms with van der Waals surface area (Å²) in [6.07, 6.45) is 8.70. The average molecular weight is 183 g/mol. The lowest BCUT2D eigenvalue weighted by atomic mass is 10.1. The van der Waals surface area contributed by atoms with E-state index in [-0.39, 0.29) is 0 Å². The van der Waals surface area contributed by atoms with Crippen molar-refractivity contribution >= 4 is 11.8 Å². The first-order valence-corrected chi connectivity index (χ1v) is 5.75. The molecule has 0 aromatic heterocycles. The van der Waals surface area contributed by atoms with Crippen molar-refractivity contribution in [3.8, 4) is 12.3 Å². The largest absolute Gasteiger partial charge is 0.310 e. The fourth-order valence-corrected chi connectivity index (χ4v) is 2.61. The van der Waals surface area contributed by atoms with Crippen LogP contribution < -0.4 is 5.32 Å². The molecule has 2 heteroatoms. The highest BCUT2D eigenvalue weighted by atomic mass is 32.2. The molecule has 12 heavy (non-hydrogen) atoms. The molecule has 1 aliphatic heterocycles. The van der Waals surface area contributed by atoms with E-state index in [9.17, 15) is 0 Å². The lowest BCUT2D eigenvalue weighted by molar-refractivity contribution is 0.427. The summed E-state index contributed by atoms with van der Waals surface area (Å²) in [5.74, 6) is 5.30. The number of hydrogen-bond acceptors (Lipinski definition) is 2. The van der Waals surface area contributed by atoms with Crippen LogP contribution >= 0.6 is 11.8 Å². The van der Waals surface area contributed by atoms with Gasteiger partial charge in [0.25, 0.3) is 0 Å². The second-order valence-corrected chi connectivity index (χ2v) is 4.59. The van der Waals surface area contributed by atoms with E-state index in [1.54, 1.807) is 0 Å². The molecule has 68 valence electrons. The Morgan fingerprint density at radius 3 is 2.83 bits per heavy atom. The zero-order valence-corrected chi connectivity index (χ0v) is 8.49. The summed E-state index contributed by atoms with van der Waals surface area (Å²) in [7, 11) is 0. The average Bonchev–Trinajstić information content (AvgIpc) is 2.06. The number of rotatable bonds is 3. The molecule has 1 saturated heterocycles. The second-order valence-electron chi connectivity index (χ2n) is 3.36. The molecule has 0 radical (unpaired) electrons. The van der Waals surface area contributed by atoms with E-state index in [0.717, 1.165) is 12.5 Å². The third-order valence-corrected chi connectivity index (χ3v) is 3.21. The van der Waals surface area contributed by atoms with Gasteiger partial charge in [-0.15, -0.1) is 12.3 Å². The van der Waals surface area contributed by atoms with E-state index in [4.69, 9.17) is 6.42 Å². The Kier molecular flexibility index (Phi) is 4.57. The van der Waals surface area contributed by atoms with Gasteiger partial charge in [-0.05, 0) is 31.3 Å². The Hall–Kier alpha value is -0.130. The maximum Gasteiger partial charge on any atom is 0.0238 e. The molecule has 1 heterocycles. The molecule has 0 aromatic rings. The molecule has 1 nitrogen and oxygen atoms in total. The van der Waals surface area contributed by atoms with Crippen LogP contribution in [0, 0.1) is 12.3 Å². The first kappa shape index (κ1) is 9.95. The zero-order valence-electron chi connectivity index (χ0n) is 7.68. The van der Waals surface area contributed by atoms with Gasteiger partial charge in [-0.2, -0.15) is 11.8 Å². The molecular formula is C10H17NS. The summed E-state index contributed by atoms with van der Waals surface area (Å²) in [6.45, 7) is 2.17. The summed E-state index contributed by atoms with van der Waals surface area (Å²) in [4.78, 5) is 0. The summed E-state index contributed by atoms with van der Waals surface area (Å²) in [6, 6.07) is 1.21. The van der Waals surface area contributed by atoms with Gasteiger partial charge in [-0.1, -0.05) is 0 Å². The van der Waals surface area contributed by atoms with Crippen LogP contribution in [0.2, 0.25) is 0 Å². The van der Waals surface area contributed by atoms with E-state index < -0.39 is 0 Å². The molecule has 0 spiro atoms. The lowest BCUT2D eigenvalue weighted by Crippen LogP contribution is -2.38. The fraction of sp³-hybridized carbons (Fsp3) is 0.800. The molecule has 0 saturated carbocycles. The minimum Gasteiger partial charge on any atom is -0.310 e. The van der Waals surface area contributed by atoms with Crippen LogP contribution in [0.3, 0.4) is 0 Å². The topological polar surface area (TPSA) is 12.0 Å². The minimum atomic E-state index is 0.489. The zero-order chi connectivity index (χ0) is 8.81. The van der Waals surface area contributed by atoms with Gasteiger partial charge >= 0.3 is 0 Å². The number of thioether (sulfide) groups is 1. The number of hydrogen-bond donors (Lipinski definition) is 1. The predicted molar refractivity (Wildman–Crippen MR) is 56.4 cm³/mol. The van der Waals surface area contributed by atoms with Gasteiger partial charge in [-0.3, -0.25) is 0 Å². The summed E-state index contributed by atoms with van der Waals surface area (Å²) < 4.78 is 0. The molecule has 1 rings (SSSR count). The van der Waals surface area contributed by atoms with Crippen LogP contribution in [-0.2, 0) is 0 Å². The maximum absolute atomic E-state index is 5.24. The van der Waals surface area contributed by atoms with Crippen molar-refractivity contribution in [1.29, 1.82) is 0 Å². The molecule has 1 unspecified atom stereocenters. The van der Waals surface area contributed by atoms with E-state index in [2.05, 4.69) is 29.9 Å². The molecule has 1 atom stereocenters. The Morgan fingerprint density at radius 2 is 2.25 bits per heavy atom. The van der Waals surface area contributed by atoms with Gasteiger partial charge in [0.1, 0.15) is 0 Å². The predicted octanol–water partition coefficient (Wildman–Crippen LogP) is 1.88. The molecule has 1 fully saturated rings. The molecule has 0 aromatic carbocycles. The van der Waals surface area contributed by atoms with Crippen LogP contribution in [0.1, 0.15) is 26.2 Å². The van der Waals surface area contributed by atoms with Gasteiger partial charge in [0, 0.05) is 18.5 Å². The van der Waals surface area contributed by atoms with Crippen molar-refractivity contribution in [1.82, 2.24) is 5.32 Å². The van der Waals surface area contributed by atoms with Gasteiger partial charge in [0.15, 0.2) is 0 Å². The van der Waals surface area contributed by atoms with Crippen molar-refractivity contribution in [3.63, 3.8) is 0 Å². The first-order chi connectivity index (χ1) is 5.83. The third kappa shape index (κ3) is 3.51. The quantitative estimate of drug-likeness (QED) is 0.671. The smallest absolute Gasteiger partial charge is 0.0238 e. The highest BCUT2D eigenvalue weighted by molar-refractivity contribution is 7.99. The van der Waals surface area contributed by atoms with Gasteiger partial charge in [0.2, 0.25) is 0 Å². The van der Waals surface area contributed by atoms with Crippen LogP contribution in [0.25, 0.3) is 0 Å². The van der Waals surface area contributed by atoms with Crippen molar-refractivity contribution in [2.24, 2.45) is 0 Å². The number of nitrogens with one attached hydrogen (secondary N) is 1. The van der Waals surface area contributed by atoms with E-state index in [1.807, 2.05) is 0 Å². The van der Waals surface area contributed by atoms with Crippen molar-refractivity contribution in [2.75, 3.05) is 11.5 Å². The van der Waals surface area contributed by atoms with Crippen LogP contribution in [0.5, 0.6) is 0 Å². The van der Waals surface area contributed by atoms with E-state index in [1.165, 1.54) is 24.3 Å². The highest BCUT2D eigenvalue weighted by Gasteiger charge is 2.14. The second kappa shape index (κ2) is 5.50. The van der Waals surface area contributed by atoms with Crippen molar-refractivity contribution < 1.29 is 0 Å². The first-order valence-electron chi connectivity index (χ1n) is 4.60. The van der Waals surface area contributed by atoms with Crippen LogP contribution in [0.15, 0.2) is 0 Å². The standard InChI is InChI=1S/C10H17NS/c1-3-4-9(2)11-10-5-7-12-8-6-10/h1,9-11H,4-8H2,2H3. The molecule has 0 aliphatic carbocycles. The Morgan fingerprint density at radius 1 is 1.58 bits per heavy atom. The summed E-state index contributed by atoms with van der Waals surface area (Å²) in [5, 5.41) is 3.56. The summed E-state index contributed by atoms with van der Waals surface area (Å²) in [5.41, 5.74) is 0. The molecule has 1 N–H and O–H groups in total. The maximum atomic E-state index is 5.24. The van der Waals surface area contributed by atoms with Gasteiger partial charge < -0.3 is 5.32 Å². The number of terminal acetylenes is 1. The van der Waals surface area contributed by atoms with Gasteiger partial charge in [0.05, 0.1) is 0 Å². The van der Waals surface area contributed by atoms with Gasteiger partial charge in [-0.25, -0.2) is 0 Å². The van der Waals surface area contributed by atoms with E-state index in [0.29, 0.717) is 6.04 Å². The van der Waals surface area contributed by atoms with Crippen molar-refractivity contribution in [2.45, 2.75) is 38.3 Å². The SMILES string of the molecule is C#CCC(C)NC1CCSCC1. The molecule has 1 aliphatic rings. The van der Waals surface area contributed by atoms with Crippen molar-refractivity contribution in [3.05, 3.63) is 0 Å². The highest BCUT2D eigenvalue weighted by Crippen LogP contribution is 2.17. The minimum absolute atomic E-state index is 0.489. The molecule has 0 bridgehead atoms. The molecule has 0 amide bonds. The molecular weight excluding hydrogens is 166 g/mol. The Bertz CT molecular complexity index is 156. The lowest BCUT2D eigenvalue weighted by Gasteiger charge is -2.25. The van der Waals surface area contributed by atoms with Crippen LogP contribution in [-0.4, -0.2) is 23.6 Å². The van der Waals surface area contributed by atoms with Crippen LogP contribution in [0.4, 0.5) is 0 Å². The normalized spacial score (nSPS) is 21.7. The monoisotopic (exact) mass is 183 g/mol. The third-order valence-electron chi connectivity index (χ3n) is 2.17. The Labute approximate surface area is 79.7 Å². The Balaban J connectivity index is 2.16. The fourth-order valence-electron chi connectivity index (χ4n) is 1.50. The summed E-state index contributed by atoms with van der Waals surface area (Å²) >= 11 is 2.06. The van der Waals surface area contributed by atoms with E-state index >= 15 is 0 Å².